The summed E-state index contributed by atoms with van der Waals surface area (Å²) >= 11 is 0. The number of nitrogens with one attached hydrogen (secondary N) is 1. The highest BCUT2D eigenvalue weighted by Gasteiger charge is 2.30. The Kier molecular flexibility index (Phi) is 4.96. The van der Waals surface area contributed by atoms with Crippen LogP contribution in [0, 0.1) is 12.8 Å². The maximum Gasteiger partial charge on any atom is 0.243 e. The molecule has 2 amide bonds. The molecule has 0 radical (unpaired) electrons. The number of anilines is 1. The van der Waals surface area contributed by atoms with Crippen LogP contribution in [-0.4, -0.2) is 36.3 Å². The van der Waals surface area contributed by atoms with Crippen molar-refractivity contribution in [1.29, 1.82) is 0 Å². The van der Waals surface area contributed by atoms with Crippen LogP contribution in [0.3, 0.4) is 0 Å². The molecule has 1 aromatic carbocycles. The van der Waals surface area contributed by atoms with Gasteiger partial charge in [0, 0.05) is 24.7 Å². The van der Waals surface area contributed by atoms with Gasteiger partial charge in [0.05, 0.1) is 6.54 Å². The molecule has 114 valence electrons. The number of carbonyl (C=O) groups excluding carboxylic acids is 2. The Morgan fingerprint density at radius 2 is 1.95 bits per heavy atom. The van der Waals surface area contributed by atoms with Crippen molar-refractivity contribution >= 4 is 17.5 Å². The van der Waals surface area contributed by atoms with Crippen LogP contribution in [0.1, 0.15) is 24.8 Å². The number of nitrogens with two attached hydrogens (primary N) is 1. The Labute approximate surface area is 125 Å². The van der Waals surface area contributed by atoms with Gasteiger partial charge in [-0.05, 0) is 38.3 Å². The van der Waals surface area contributed by atoms with E-state index >= 15 is 0 Å². The van der Waals surface area contributed by atoms with Crippen molar-refractivity contribution in [3.05, 3.63) is 29.8 Å². The summed E-state index contributed by atoms with van der Waals surface area (Å²) < 4.78 is 0. The zero-order valence-corrected chi connectivity index (χ0v) is 12.6. The van der Waals surface area contributed by atoms with Crippen LogP contribution in [-0.2, 0) is 9.59 Å². The maximum absolute atomic E-state index is 12.2. The molecule has 1 aliphatic rings. The first kappa shape index (κ1) is 15.5. The Bertz CT molecular complexity index is 513. The van der Waals surface area contributed by atoms with Gasteiger partial charge in [0.25, 0.3) is 0 Å². The van der Waals surface area contributed by atoms with Gasteiger partial charge in [-0.1, -0.05) is 17.7 Å². The maximum atomic E-state index is 12.2. The van der Waals surface area contributed by atoms with Crippen LogP contribution < -0.4 is 11.1 Å². The van der Waals surface area contributed by atoms with Crippen LogP contribution >= 0.6 is 0 Å². The van der Waals surface area contributed by atoms with Crippen molar-refractivity contribution in [3.63, 3.8) is 0 Å². The highest BCUT2D eigenvalue weighted by molar-refractivity contribution is 5.94. The normalized spacial score (nSPS) is 21.1. The summed E-state index contributed by atoms with van der Waals surface area (Å²) in [6.45, 7) is 2.06. The number of rotatable bonds is 4. The quantitative estimate of drug-likeness (QED) is 0.882. The van der Waals surface area contributed by atoms with E-state index in [1.54, 1.807) is 7.05 Å². The molecule has 0 saturated heterocycles. The standard InChI is InChI=1S/C16H23N3O2/c1-11-3-7-14(8-4-11)18-15(20)10-19(2)16(21)12-5-6-13(17)9-12/h3-4,7-8,12-13H,5-6,9-10,17H2,1-2H3,(H,18,20). The molecule has 0 heterocycles. The second-order valence-electron chi connectivity index (χ2n) is 5.88. The number of nitrogens with zero attached hydrogens (tertiary/aromatic N) is 1. The van der Waals surface area contributed by atoms with Gasteiger partial charge >= 0.3 is 0 Å². The molecule has 2 atom stereocenters. The molecule has 2 unspecified atom stereocenters. The molecule has 0 aliphatic heterocycles. The third-order valence-electron chi connectivity index (χ3n) is 3.91. The molecular weight excluding hydrogens is 266 g/mol. The molecule has 1 aromatic rings. The summed E-state index contributed by atoms with van der Waals surface area (Å²) in [6, 6.07) is 7.69. The number of hydrogen-bond acceptors (Lipinski definition) is 3. The highest BCUT2D eigenvalue weighted by Crippen LogP contribution is 2.25. The van der Waals surface area contributed by atoms with Gasteiger partial charge in [-0.25, -0.2) is 0 Å². The Morgan fingerprint density at radius 1 is 1.29 bits per heavy atom. The lowest BCUT2D eigenvalue weighted by Crippen LogP contribution is -2.38. The fourth-order valence-corrected chi connectivity index (χ4v) is 2.68. The fourth-order valence-electron chi connectivity index (χ4n) is 2.68. The number of aryl methyl sites for hydroxylation is 1. The number of benzene rings is 1. The second-order valence-corrected chi connectivity index (χ2v) is 5.88. The SMILES string of the molecule is Cc1ccc(NC(=O)CN(C)C(=O)C2CCC(N)C2)cc1. The summed E-state index contributed by atoms with van der Waals surface area (Å²) in [5.41, 5.74) is 7.71. The number of hydrogen-bond donors (Lipinski definition) is 2. The second kappa shape index (κ2) is 6.72. The average Bonchev–Trinajstić information content (AvgIpc) is 2.87. The summed E-state index contributed by atoms with van der Waals surface area (Å²) in [7, 11) is 1.67. The first-order valence-electron chi connectivity index (χ1n) is 7.33. The van der Waals surface area contributed by atoms with E-state index in [2.05, 4.69) is 5.32 Å². The summed E-state index contributed by atoms with van der Waals surface area (Å²) in [4.78, 5) is 25.7. The van der Waals surface area contributed by atoms with Gasteiger partial charge in [-0.2, -0.15) is 0 Å². The van der Waals surface area contributed by atoms with Crippen molar-refractivity contribution in [2.75, 3.05) is 18.9 Å². The molecule has 5 heteroatoms. The minimum Gasteiger partial charge on any atom is -0.336 e. The van der Waals surface area contributed by atoms with E-state index in [0.29, 0.717) is 0 Å². The van der Waals surface area contributed by atoms with E-state index in [4.69, 9.17) is 5.73 Å². The molecule has 21 heavy (non-hydrogen) atoms. The van der Waals surface area contributed by atoms with Gasteiger partial charge in [-0.3, -0.25) is 9.59 Å². The fraction of sp³-hybridized carbons (Fsp3) is 0.500. The van der Waals surface area contributed by atoms with Gasteiger partial charge in [0.15, 0.2) is 0 Å². The number of carbonyl (C=O) groups is 2. The van der Waals surface area contributed by atoms with Crippen molar-refractivity contribution in [2.45, 2.75) is 32.2 Å². The lowest BCUT2D eigenvalue weighted by molar-refractivity contribution is -0.136. The molecule has 0 bridgehead atoms. The topological polar surface area (TPSA) is 75.4 Å². The van der Waals surface area contributed by atoms with Crippen molar-refractivity contribution < 1.29 is 9.59 Å². The lowest BCUT2D eigenvalue weighted by Gasteiger charge is -2.20. The van der Waals surface area contributed by atoms with Gasteiger partial charge in [0.1, 0.15) is 0 Å². The predicted molar refractivity (Wildman–Crippen MR) is 82.8 cm³/mol. The van der Waals surface area contributed by atoms with Crippen molar-refractivity contribution in [2.24, 2.45) is 11.7 Å². The van der Waals surface area contributed by atoms with Gasteiger partial charge in [-0.15, -0.1) is 0 Å². The molecule has 1 aliphatic carbocycles. The van der Waals surface area contributed by atoms with Crippen molar-refractivity contribution in [3.8, 4) is 0 Å². The van der Waals surface area contributed by atoms with Crippen LogP contribution in [0.15, 0.2) is 24.3 Å². The third-order valence-corrected chi connectivity index (χ3v) is 3.91. The van der Waals surface area contributed by atoms with E-state index in [1.165, 1.54) is 4.90 Å². The molecule has 1 saturated carbocycles. The monoisotopic (exact) mass is 289 g/mol. The number of amides is 2. The number of likely N-dealkylation sites (N-methyl/N-ethyl adjacent to an activating group) is 1. The molecule has 3 N–H and O–H groups in total. The molecule has 1 fully saturated rings. The summed E-state index contributed by atoms with van der Waals surface area (Å²) in [6.07, 6.45) is 2.44. The lowest BCUT2D eigenvalue weighted by atomic mass is 10.1. The van der Waals surface area contributed by atoms with Crippen molar-refractivity contribution in [1.82, 2.24) is 4.90 Å². The third kappa shape index (κ3) is 4.29. The molecule has 0 spiro atoms. The van der Waals surface area contributed by atoms with Crippen LogP contribution in [0.4, 0.5) is 5.69 Å². The first-order chi connectivity index (χ1) is 9.95. The first-order valence-corrected chi connectivity index (χ1v) is 7.33. The van der Waals surface area contributed by atoms with E-state index in [0.717, 1.165) is 30.5 Å². The summed E-state index contributed by atoms with van der Waals surface area (Å²) in [5.74, 6) is -0.198. The van der Waals surface area contributed by atoms with Crippen LogP contribution in [0.25, 0.3) is 0 Å². The summed E-state index contributed by atoms with van der Waals surface area (Å²) in [5, 5.41) is 2.80. The Hall–Kier alpha value is -1.88. The highest BCUT2D eigenvalue weighted by atomic mass is 16.2. The van der Waals surface area contributed by atoms with E-state index in [1.807, 2.05) is 31.2 Å². The Morgan fingerprint density at radius 3 is 2.52 bits per heavy atom. The predicted octanol–water partition coefficient (Wildman–Crippen LogP) is 1.52. The zero-order valence-electron chi connectivity index (χ0n) is 12.6. The zero-order chi connectivity index (χ0) is 15.4. The van der Waals surface area contributed by atoms with Crippen LogP contribution in [0.5, 0.6) is 0 Å². The van der Waals surface area contributed by atoms with Gasteiger partial charge < -0.3 is 16.0 Å². The molecule has 2 rings (SSSR count). The minimum atomic E-state index is -0.183. The molecular formula is C16H23N3O2. The smallest absolute Gasteiger partial charge is 0.243 e. The van der Waals surface area contributed by atoms with Crippen LogP contribution in [0.2, 0.25) is 0 Å². The minimum absolute atomic E-state index is 0.0157. The molecule has 0 aromatic heterocycles. The van der Waals surface area contributed by atoms with Gasteiger partial charge in [0.2, 0.25) is 11.8 Å². The van der Waals surface area contributed by atoms with E-state index in [-0.39, 0.29) is 30.3 Å². The molecule has 5 nitrogen and oxygen atoms in total. The average molecular weight is 289 g/mol. The van der Waals surface area contributed by atoms with E-state index < -0.39 is 0 Å². The largest absolute Gasteiger partial charge is 0.336 e. The van der Waals surface area contributed by atoms with E-state index in [9.17, 15) is 9.59 Å². The Balaban J connectivity index is 1.84.